The Morgan fingerprint density at radius 2 is 1.92 bits per heavy atom. The predicted molar refractivity (Wildman–Crippen MR) is 95.3 cm³/mol. The summed E-state index contributed by atoms with van der Waals surface area (Å²) in [6.07, 6.45) is 0.550. The van der Waals surface area contributed by atoms with Crippen molar-refractivity contribution in [2.24, 2.45) is 0 Å². The Labute approximate surface area is 147 Å². The fourth-order valence-corrected chi connectivity index (χ4v) is 3.15. The summed E-state index contributed by atoms with van der Waals surface area (Å²) < 4.78 is 19.6. The van der Waals surface area contributed by atoms with Crippen LogP contribution in [0.2, 0.25) is 0 Å². The monoisotopic (exact) mass is 360 g/mol. The Morgan fingerprint density at radius 1 is 1.16 bits per heavy atom. The third-order valence-electron chi connectivity index (χ3n) is 3.64. The first-order valence-corrected chi connectivity index (χ1v) is 8.83. The zero-order valence-electron chi connectivity index (χ0n) is 13.4. The summed E-state index contributed by atoms with van der Waals surface area (Å²) in [5.74, 6) is -0.474. The van der Waals surface area contributed by atoms with Gasteiger partial charge >= 0.3 is 11.7 Å². The molecule has 0 fully saturated rings. The van der Waals surface area contributed by atoms with Crippen LogP contribution in [-0.2, 0) is 16.1 Å². The van der Waals surface area contributed by atoms with E-state index in [4.69, 9.17) is 4.74 Å². The van der Waals surface area contributed by atoms with Gasteiger partial charge in [-0.2, -0.15) is 0 Å². The van der Waals surface area contributed by atoms with Crippen molar-refractivity contribution in [3.63, 3.8) is 0 Å². The molecule has 0 spiro atoms. The maximum atomic E-state index is 12.8. The number of ether oxygens (including phenoxy) is 1. The summed E-state index contributed by atoms with van der Waals surface area (Å²) >= 11 is 1.30. The highest BCUT2D eigenvalue weighted by Crippen LogP contribution is 2.18. The number of carbonyl (C=O) groups is 1. The molecule has 3 rings (SSSR count). The van der Waals surface area contributed by atoms with E-state index in [1.807, 2.05) is 24.3 Å². The van der Waals surface area contributed by atoms with E-state index in [9.17, 15) is 14.0 Å². The summed E-state index contributed by atoms with van der Waals surface area (Å²) in [5.41, 5.74) is 1.46. The minimum atomic E-state index is -0.333. The van der Waals surface area contributed by atoms with Crippen LogP contribution < -0.4 is 5.69 Å². The molecule has 0 unspecified atom stereocenters. The molecule has 0 amide bonds. The maximum Gasteiger partial charge on any atom is 0.326 e. The van der Waals surface area contributed by atoms with Gasteiger partial charge in [-0.25, -0.2) is 9.18 Å². The molecule has 0 atom stereocenters. The SMILES string of the molecule is O=C(CSc1ccc(F)cc1)OCCCn1c(=O)[nH]c2ccccc21. The highest BCUT2D eigenvalue weighted by molar-refractivity contribution is 8.00. The third kappa shape index (κ3) is 4.51. The molecule has 0 saturated heterocycles. The van der Waals surface area contributed by atoms with Crippen LogP contribution in [0.25, 0.3) is 11.0 Å². The molecule has 25 heavy (non-hydrogen) atoms. The summed E-state index contributed by atoms with van der Waals surface area (Å²) in [6, 6.07) is 13.4. The fourth-order valence-electron chi connectivity index (χ4n) is 2.45. The Hall–Kier alpha value is -2.54. The van der Waals surface area contributed by atoms with E-state index in [0.29, 0.717) is 13.0 Å². The van der Waals surface area contributed by atoms with Crippen LogP contribution in [0.15, 0.2) is 58.2 Å². The molecule has 0 saturated carbocycles. The predicted octanol–water partition coefficient (Wildman–Crippen LogP) is 3.19. The van der Waals surface area contributed by atoms with E-state index in [1.165, 1.54) is 23.9 Å². The average Bonchev–Trinajstić information content (AvgIpc) is 2.93. The van der Waals surface area contributed by atoms with Crippen LogP contribution in [0, 0.1) is 5.82 Å². The number of fused-ring (bicyclic) bond motifs is 1. The summed E-state index contributed by atoms with van der Waals surface area (Å²) in [6.45, 7) is 0.718. The number of hydrogen-bond acceptors (Lipinski definition) is 4. The molecule has 0 radical (unpaired) electrons. The van der Waals surface area contributed by atoms with Crippen LogP contribution >= 0.6 is 11.8 Å². The van der Waals surface area contributed by atoms with Crippen LogP contribution in [0.5, 0.6) is 0 Å². The lowest BCUT2D eigenvalue weighted by Crippen LogP contribution is -2.18. The van der Waals surface area contributed by atoms with E-state index >= 15 is 0 Å². The van der Waals surface area contributed by atoms with Gasteiger partial charge in [-0.1, -0.05) is 12.1 Å². The molecule has 0 bridgehead atoms. The first-order valence-electron chi connectivity index (χ1n) is 7.85. The molecule has 0 aliphatic rings. The molecular formula is C18H17FN2O3S. The molecular weight excluding hydrogens is 343 g/mol. The van der Waals surface area contributed by atoms with Gasteiger partial charge < -0.3 is 9.72 Å². The second kappa shape index (κ2) is 8.02. The highest BCUT2D eigenvalue weighted by atomic mass is 32.2. The number of benzene rings is 2. The van der Waals surface area contributed by atoms with Crippen molar-refractivity contribution in [1.29, 1.82) is 0 Å². The van der Waals surface area contributed by atoms with Crippen molar-refractivity contribution in [2.75, 3.05) is 12.4 Å². The number of carbonyl (C=O) groups excluding carboxylic acids is 1. The molecule has 0 aliphatic carbocycles. The van der Waals surface area contributed by atoms with E-state index < -0.39 is 0 Å². The number of aromatic amines is 1. The van der Waals surface area contributed by atoms with Gasteiger partial charge in [0.1, 0.15) is 5.82 Å². The van der Waals surface area contributed by atoms with Crippen molar-refractivity contribution in [1.82, 2.24) is 9.55 Å². The second-order valence-corrected chi connectivity index (χ2v) is 6.46. The Morgan fingerprint density at radius 3 is 2.72 bits per heavy atom. The Bertz CT molecular complexity index is 918. The van der Waals surface area contributed by atoms with Gasteiger partial charge in [0, 0.05) is 11.4 Å². The zero-order chi connectivity index (χ0) is 17.6. The van der Waals surface area contributed by atoms with Gasteiger partial charge in [-0.05, 0) is 42.8 Å². The number of nitrogens with zero attached hydrogens (tertiary/aromatic N) is 1. The van der Waals surface area contributed by atoms with Gasteiger partial charge in [0.2, 0.25) is 0 Å². The van der Waals surface area contributed by atoms with Crippen LogP contribution in [-0.4, -0.2) is 27.9 Å². The van der Waals surface area contributed by atoms with Gasteiger partial charge in [-0.3, -0.25) is 9.36 Å². The number of rotatable bonds is 7. The van der Waals surface area contributed by atoms with Crippen LogP contribution in [0.1, 0.15) is 6.42 Å². The van der Waals surface area contributed by atoms with E-state index in [-0.39, 0.29) is 29.8 Å². The molecule has 1 aromatic heterocycles. The third-order valence-corrected chi connectivity index (χ3v) is 4.63. The van der Waals surface area contributed by atoms with Crippen molar-refractivity contribution in [2.45, 2.75) is 17.9 Å². The van der Waals surface area contributed by atoms with Gasteiger partial charge in [-0.15, -0.1) is 11.8 Å². The summed E-state index contributed by atoms with van der Waals surface area (Å²) in [7, 11) is 0. The first-order chi connectivity index (χ1) is 12.1. The number of aryl methyl sites for hydroxylation is 1. The number of imidazole rings is 1. The number of aromatic nitrogens is 2. The lowest BCUT2D eigenvalue weighted by atomic mass is 10.3. The number of halogens is 1. The molecule has 3 aromatic rings. The average molecular weight is 360 g/mol. The quantitative estimate of drug-likeness (QED) is 0.399. The largest absolute Gasteiger partial charge is 0.465 e. The van der Waals surface area contributed by atoms with Gasteiger partial charge in [0.15, 0.2) is 0 Å². The first kappa shape index (κ1) is 17.3. The Balaban J connectivity index is 1.43. The lowest BCUT2D eigenvalue weighted by Gasteiger charge is -2.06. The normalized spacial score (nSPS) is 10.9. The lowest BCUT2D eigenvalue weighted by molar-refractivity contribution is -0.140. The maximum absolute atomic E-state index is 12.8. The van der Waals surface area contributed by atoms with E-state index in [2.05, 4.69) is 4.98 Å². The minimum Gasteiger partial charge on any atom is -0.465 e. The molecule has 5 nitrogen and oxygen atoms in total. The number of esters is 1. The second-order valence-electron chi connectivity index (χ2n) is 5.42. The van der Waals surface area contributed by atoms with E-state index in [1.54, 1.807) is 16.7 Å². The number of para-hydroxylation sites is 2. The van der Waals surface area contributed by atoms with Crippen molar-refractivity contribution in [3.05, 3.63) is 64.8 Å². The summed E-state index contributed by atoms with van der Waals surface area (Å²) in [5, 5.41) is 0. The van der Waals surface area contributed by atoms with Crippen molar-refractivity contribution < 1.29 is 13.9 Å². The topological polar surface area (TPSA) is 64.1 Å². The smallest absolute Gasteiger partial charge is 0.326 e. The highest BCUT2D eigenvalue weighted by Gasteiger charge is 2.07. The molecule has 7 heteroatoms. The standard InChI is InChI=1S/C18H17FN2O3S/c19-13-6-8-14(9-7-13)25-12-17(22)24-11-3-10-21-16-5-2-1-4-15(16)20-18(21)23/h1-2,4-9H,3,10-12H2,(H,20,23). The van der Waals surface area contributed by atoms with Gasteiger partial charge in [0.05, 0.1) is 23.4 Å². The summed E-state index contributed by atoms with van der Waals surface area (Å²) in [4.78, 5) is 27.2. The number of thioether (sulfide) groups is 1. The number of H-pyrrole nitrogens is 1. The molecule has 1 N–H and O–H groups in total. The Kier molecular flexibility index (Phi) is 5.55. The molecule has 1 heterocycles. The number of nitrogens with one attached hydrogen (secondary N) is 1. The molecule has 130 valence electrons. The van der Waals surface area contributed by atoms with Crippen LogP contribution in [0.3, 0.4) is 0 Å². The molecule has 0 aliphatic heterocycles. The van der Waals surface area contributed by atoms with Gasteiger partial charge in [0.25, 0.3) is 0 Å². The number of hydrogen-bond donors (Lipinski definition) is 1. The van der Waals surface area contributed by atoms with E-state index in [0.717, 1.165) is 15.9 Å². The molecule has 2 aromatic carbocycles. The zero-order valence-corrected chi connectivity index (χ0v) is 14.2. The van der Waals surface area contributed by atoms with Crippen molar-refractivity contribution in [3.8, 4) is 0 Å². The van der Waals surface area contributed by atoms with Crippen LogP contribution in [0.4, 0.5) is 4.39 Å². The fraction of sp³-hybridized carbons (Fsp3) is 0.222. The minimum absolute atomic E-state index is 0.165. The van der Waals surface area contributed by atoms with Crippen molar-refractivity contribution >= 4 is 28.8 Å².